The van der Waals surface area contributed by atoms with Crippen molar-refractivity contribution in [2.24, 2.45) is 5.73 Å². The fraction of sp³-hybridized carbons (Fsp3) is 0.231. The molecule has 106 valence electrons. The number of carbonyl (C=O) groups excluding carboxylic acids is 1. The van der Waals surface area contributed by atoms with Crippen molar-refractivity contribution in [3.05, 3.63) is 23.6 Å². The second-order valence-electron chi connectivity index (χ2n) is 4.21. The van der Waals surface area contributed by atoms with Crippen molar-refractivity contribution in [1.82, 2.24) is 5.16 Å². The maximum atomic E-state index is 10.9. The smallest absolute Gasteiger partial charge is 0.410 e. The zero-order valence-corrected chi connectivity index (χ0v) is 11.4. The van der Waals surface area contributed by atoms with Gasteiger partial charge in [0.05, 0.1) is 24.1 Å². The number of benzene rings is 1. The van der Waals surface area contributed by atoms with E-state index in [0.29, 0.717) is 22.8 Å². The minimum atomic E-state index is -0.938. The molecule has 0 bridgehead atoms. The molecule has 2 aromatic rings. The highest BCUT2D eigenvalue weighted by Gasteiger charge is 2.19. The lowest BCUT2D eigenvalue weighted by Crippen LogP contribution is -2.17. The number of methoxy groups -OCH3 is 1. The highest BCUT2D eigenvalue weighted by Crippen LogP contribution is 2.40. The number of carbonyl (C=O) groups is 1. The molecule has 0 saturated heterocycles. The maximum absolute atomic E-state index is 10.9. The highest BCUT2D eigenvalue weighted by molar-refractivity contribution is 5.81. The van der Waals surface area contributed by atoms with E-state index in [-0.39, 0.29) is 11.4 Å². The minimum absolute atomic E-state index is 0.160. The van der Waals surface area contributed by atoms with E-state index < -0.39 is 6.09 Å². The van der Waals surface area contributed by atoms with E-state index in [4.69, 9.17) is 25.5 Å². The molecule has 0 aliphatic heterocycles. The number of aromatic nitrogens is 1. The maximum Gasteiger partial charge on any atom is 0.410 e. The van der Waals surface area contributed by atoms with Crippen molar-refractivity contribution in [3.63, 3.8) is 0 Å². The predicted molar refractivity (Wildman–Crippen MR) is 72.6 cm³/mol. The molecule has 1 aromatic heterocycles. The number of rotatable bonds is 3. The summed E-state index contributed by atoms with van der Waals surface area (Å²) in [4.78, 5) is 10.9. The number of hydrogen-bond acceptors (Lipinski definition) is 6. The number of anilines is 1. The molecule has 4 N–H and O–H groups in total. The fourth-order valence-electron chi connectivity index (χ4n) is 2.00. The summed E-state index contributed by atoms with van der Waals surface area (Å²) in [7, 11) is 1.52. The monoisotopic (exact) mass is 277 g/mol. The van der Waals surface area contributed by atoms with Gasteiger partial charge in [-0.1, -0.05) is 5.16 Å². The van der Waals surface area contributed by atoms with Crippen molar-refractivity contribution in [3.8, 4) is 22.6 Å². The third-order valence-corrected chi connectivity index (χ3v) is 2.85. The molecule has 0 saturated carbocycles. The Hall–Kier alpha value is -2.70. The molecule has 0 radical (unpaired) electrons. The van der Waals surface area contributed by atoms with Gasteiger partial charge in [-0.3, -0.25) is 0 Å². The first kappa shape index (κ1) is 13.7. The quantitative estimate of drug-likeness (QED) is 0.829. The summed E-state index contributed by atoms with van der Waals surface area (Å²) in [6.07, 6.45) is -0.938. The molecule has 2 rings (SSSR count). The van der Waals surface area contributed by atoms with Crippen LogP contribution >= 0.6 is 0 Å². The van der Waals surface area contributed by atoms with Crippen molar-refractivity contribution in [2.45, 2.75) is 13.8 Å². The molecular weight excluding hydrogens is 262 g/mol. The Morgan fingerprint density at radius 1 is 1.30 bits per heavy atom. The first-order valence-electron chi connectivity index (χ1n) is 5.82. The number of primary amides is 1. The first-order valence-corrected chi connectivity index (χ1v) is 5.82. The van der Waals surface area contributed by atoms with Gasteiger partial charge in [0.25, 0.3) is 0 Å². The summed E-state index contributed by atoms with van der Waals surface area (Å²) in [5.41, 5.74) is 13.2. The van der Waals surface area contributed by atoms with Gasteiger partial charge >= 0.3 is 6.09 Å². The molecule has 0 aliphatic rings. The molecule has 7 heteroatoms. The van der Waals surface area contributed by atoms with Gasteiger partial charge in [0.1, 0.15) is 11.5 Å². The van der Waals surface area contributed by atoms with Gasteiger partial charge in [-0.15, -0.1) is 0 Å². The molecule has 0 atom stereocenters. The standard InChI is InChI=1S/C13H15N3O4/c1-6-12(7(2)20-16-6)8-4-11(19-13(15)17)9(14)5-10(8)18-3/h4-5H,14H2,1-3H3,(H2,15,17). The van der Waals surface area contributed by atoms with Crippen LogP contribution in [0.25, 0.3) is 11.1 Å². The molecule has 1 heterocycles. The largest absolute Gasteiger partial charge is 0.496 e. The lowest BCUT2D eigenvalue weighted by atomic mass is 10.0. The number of nitrogen functional groups attached to an aromatic ring is 1. The van der Waals surface area contributed by atoms with Crippen LogP contribution in [-0.2, 0) is 0 Å². The normalized spacial score (nSPS) is 10.3. The van der Waals surface area contributed by atoms with Gasteiger partial charge < -0.3 is 25.5 Å². The second kappa shape index (κ2) is 5.12. The number of nitrogens with two attached hydrogens (primary N) is 2. The third-order valence-electron chi connectivity index (χ3n) is 2.85. The summed E-state index contributed by atoms with van der Waals surface area (Å²) in [6, 6.07) is 3.13. The van der Waals surface area contributed by atoms with Crippen LogP contribution in [0.3, 0.4) is 0 Å². The molecule has 0 fully saturated rings. The van der Waals surface area contributed by atoms with E-state index in [0.717, 1.165) is 5.56 Å². The lowest BCUT2D eigenvalue weighted by Gasteiger charge is -2.12. The van der Waals surface area contributed by atoms with Crippen LogP contribution in [-0.4, -0.2) is 18.4 Å². The van der Waals surface area contributed by atoms with E-state index in [1.54, 1.807) is 26.0 Å². The predicted octanol–water partition coefficient (Wildman–Crippen LogP) is 2.01. The Labute approximate surface area is 115 Å². The summed E-state index contributed by atoms with van der Waals surface area (Å²) in [5, 5.41) is 3.89. The Morgan fingerprint density at radius 2 is 2.00 bits per heavy atom. The zero-order valence-electron chi connectivity index (χ0n) is 11.4. The average Bonchev–Trinajstić information content (AvgIpc) is 2.71. The van der Waals surface area contributed by atoms with Crippen LogP contribution in [0.1, 0.15) is 11.5 Å². The summed E-state index contributed by atoms with van der Waals surface area (Å²) >= 11 is 0. The molecule has 7 nitrogen and oxygen atoms in total. The van der Waals surface area contributed by atoms with Crippen LogP contribution < -0.4 is 20.9 Å². The third kappa shape index (κ3) is 2.37. The Balaban J connectivity index is 2.64. The number of hydrogen-bond donors (Lipinski definition) is 2. The van der Waals surface area contributed by atoms with Crippen LogP contribution in [0.4, 0.5) is 10.5 Å². The Kier molecular flexibility index (Phi) is 3.51. The number of aryl methyl sites for hydroxylation is 2. The molecule has 20 heavy (non-hydrogen) atoms. The van der Waals surface area contributed by atoms with Gasteiger partial charge in [-0.25, -0.2) is 4.79 Å². The van der Waals surface area contributed by atoms with Gasteiger partial charge in [0.15, 0.2) is 5.75 Å². The average molecular weight is 277 g/mol. The van der Waals surface area contributed by atoms with Crippen molar-refractivity contribution < 1.29 is 18.8 Å². The summed E-state index contributed by atoms with van der Waals surface area (Å²) in [5.74, 6) is 1.30. The molecular formula is C13H15N3O4. The number of nitrogens with zero attached hydrogens (tertiary/aromatic N) is 1. The van der Waals surface area contributed by atoms with Crippen molar-refractivity contribution in [1.29, 1.82) is 0 Å². The van der Waals surface area contributed by atoms with Gasteiger partial charge in [-0.05, 0) is 19.9 Å². The zero-order chi connectivity index (χ0) is 14.9. The molecule has 0 spiro atoms. The van der Waals surface area contributed by atoms with Crippen LogP contribution in [0, 0.1) is 13.8 Å². The van der Waals surface area contributed by atoms with E-state index in [2.05, 4.69) is 5.16 Å². The van der Waals surface area contributed by atoms with E-state index in [9.17, 15) is 4.79 Å². The van der Waals surface area contributed by atoms with Crippen molar-refractivity contribution in [2.75, 3.05) is 12.8 Å². The van der Waals surface area contributed by atoms with Gasteiger partial charge in [-0.2, -0.15) is 0 Å². The van der Waals surface area contributed by atoms with E-state index >= 15 is 0 Å². The van der Waals surface area contributed by atoms with E-state index in [1.807, 2.05) is 0 Å². The minimum Gasteiger partial charge on any atom is -0.496 e. The van der Waals surface area contributed by atoms with Gasteiger partial charge in [0, 0.05) is 11.6 Å². The Morgan fingerprint density at radius 3 is 2.50 bits per heavy atom. The number of ether oxygens (including phenoxy) is 2. The molecule has 0 unspecified atom stereocenters. The molecule has 1 aromatic carbocycles. The lowest BCUT2D eigenvalue weighted by molar-refractivity contribution is 0.211. The van der Waals surface area contributed by atoms with Crippen LogP contribution in [0.2, 0.25) is 0 Å². The summed E-state index contributed by atoms with van der Waals surface area (Å²) in [6.45, 7) is 3.58. The summed E-state index contributed by atoms with van der Waals surface area (Å²) < 4.78 is 15.3. The van der Waals surface area contributed by atoms with Crippen molar-refractivity contribution >= 4 is 11.8 Å². The topological polar surface area (TPSA) is 114 Å². The first-order chi connectivity index (χ1) is 9.43. The number of amides is 1. The van der Waals surface area contributed by atoms with Crippen LogP contribution in [0.5, 0.6) is 11.5 Å². The van der Waals surface area contributed by atoms with Crippen LogP contribution in [0.15, 0.2) is 16.7 Å². The van der Waals surface area contributed by atoms with E-state index in [1.165, 1.54) is 7.11 Å². The fourth-order valence-corrected chi connectivity index (χ4v) is 2.00. The van der Waals surface area contributed by atoms with Gasteiger partial charge in [0.2, 0.25) is 0 Å². The second-order valence-corrected chi connectivity index (χ2v) is 4.21. The molecule has 1 amide bonds. The SMILES string of the molecule is COc1cc(N)c(OC(N)=O)cc1-c1c(C)noc1C. The molecule has 0 aliphatic carbocycles. The Bertz CT molecular complexity index is 644. The highest BCUT2D eigenvalue weighted by atomic mass is 16.5.